The molecule has 0 saturated heterocycles. The monoisotopic (exact) mass is 250 g/mol. The standard InChI is InChI=1S/C14H22N2O2/c1-12-7-4-5-8-13(12)18-10-6-9-16(3)14(17)11-15-2/h4-5,7-8,15H,6,9-11H2,1-3H3. The number of nitrogens with zero attached hydrogens (tertiary/aromatic N) is 1. The van der Waals surface area contributed by atoms with Crippen LogP contribution in [0.5, 0.6) is 5.75 Å². The van der Waals surface area contributed by atoms with Gasteiger partial charge in [-0.05, 0) is 32.0 Å². The summed E-state index contributed by atoms with van der Waals surface area (Å²) < 4.78 is 5.67. The highest BCUT2D eigenvalue weighted by molar-refractivity contribution is 5.77. The number of ether oxygens (including phenoxy) is 1. The van der Waals surface area contributed by atoms with Gasteiger partial charge in [-0.2, -0.15) is 0 Å². The summed E-state index contributed by atoms with van der Waals surface area (Å²) in [6, 6.07) is 7.94. The van der Waals surface area contributed by atoms with Gasteiger partial charge in [-0.25, -0.2) is 0 Å². The van der Waals surface area contributed by atoms with Gasteiger partial charge in [-0.1, -0.05) is 18.2 Å². The van der Waals surface area contributed by atoms with E-state index < -0.39 is 0 Å². The Morgan fingerprint density at radius 1 is 1.39 bits per heavy atom. The van der Waals surface area contributed by atoms with Gasteiger partial charge < -0.3 is 15.0 Å². The lowest BCUT2D eigenvalue weighted by molar-refractivity contribution is -0.128. The first-order chi connectivity index (χ1) is 8.65. The number of amides is 1. The summed E-state index contributed by atoms with van der Waals surface area (Å²) in [7, 11) is 3.58. The van der Waals surface area contributed by atoms with Crippen molar-refractivity contribution in [3.63, 3.8) is 0 Å². The van der Waals surface area contributed by atoms with Crippen LogP contribution >= 0.6 is 0 Å². The first kappa shape index (κ1) is 14.5. The molecular weight excluding hydrogens is 228 g/mol. The Balaban J connectivity index is 2.23. The van der Waals surface area contributed by atoms with Gasteiger partial charge >= 0.3 is 0 Å². The molecule has 100 valence electrons. The fourth-order valence-electron chi connectivity index (χ4n) is 1.61. The molecule has 4 heteroatoms. The van der Waals surface area contributed by atoms with Crippen molar-refractivity contribution in [3.05, 3.63) is 29.8 Å². The lowest BCUT2D eigenvalue weighted by Crippen LogP contribution is -2.35. The molecule has 0 fully saturated rings. The molecule has 1 aromatic carbocycles. The van der Waals surface area contributed by atoms with Crippen LogP contribution in [0.1, 0.15) is 12.0 Å². The number of rotatable bonds is 7. The number of para-hydroxylation sites is 1. The normalized spacial score (nSPS) is 10.2. The Hall–Kier alpha value is -1.55. The highest BCUT2D eigenvalue weighted by Crippen LogP contribution is 2.16. The van der Waals surface area contributed by atoms with Crippen LogP contribution in [-0.2, 0) is 4.79 Å². The molecule has 0 spiro atoms. The summed E-state index contributed by atoms with van der Waals surface area (Å²) in [6.45, 7) is 3.75. The first-order valence-electron chi connectivity index (χ1n) is 6.22. The molecule has 0 radical (unpaired) electrons. The van der Waals surface area contributed by atoms with Crippen molar-refractivity contribution in [2.45, 2.75) is 13.3 Å². The van der Waals surface area contributed by atoms with Crippen LogP contribution in [0.2, 0.25) is 0 Å². The maximum Gasteiger partial charge on any atom is 0.236 e. The van der Waals surface area contributed by atoms with Crippen LogP contribution in [0.15, 0.2) is 24.3 Å². The minimum Gasteiger partial charge on any atom is -0.493 e. The van der Waals surface area contributed by atoms with E-state index in [4.69, 9.17) is 4.74 Å². The topological polar surface area (TPSA) is 41.6 Å². The highest BCUT2D eigenvalue weighted by Gasteiger charge is 2.06. The van der Waals surface area contributed by atoms with E-state index in [-0.39, 0.29) is 5.91 Å². The molecule has 0 unspecified atom stereocenters. The number of hydrogen-bond acceptors (Lipinski definition) is 3. The van der Waals surface area contributed by atoms with E-state index in [9.17, 15) is 4.79 Å². The molecule has 0 aliphatic rings. The molecule has 0 heterocycles. The number of carbonyl (C=O) groups excluding carboxylic acids is 1. The summed E-state index contributed by atoms with van der Waals surface area (Å²) in [5, 5.41) is 2.85. The molecule has 1 N–H and O–H groups in total. The Labute approximate surface area is 109 Å². The SMILES string of the molecule is CNCC(=O)N(C)CCCOc1ccccc1C. The molecule has 0 aliphatic carbocycles. The number of carbonyl (C=O) groups is 1. The van der Waals surface area contributed by atoms with Crippen LogP contribution < -0.4 is 10.1 Å². The molecular formula is C14H22N2O2. The molecule has 1 rings (SSSR count). The van der Waals surface area contributed by atoms with Crippen molar-refractivity contribution in [2.75, 3.05) is 33.8 Å². The minimum atomic E-state index is 0.105. The van der Waals surface area contributed by atoms with E-state index in [2.05, 4.69) is 5.32 Å². The number of benzene rings is 1. The molecule has 0 saturated carbocycles. The van der Waals surface area contributed by atoms with E-state index in [1.54, 1.807) is 11.9 Å². The number of aryl methyl sites for hydroxylation is 1. The van der Waals surface area contributed by atoms with Gasteiger partial charge in [0.1, 0.15) is 5.75 Å². The number of likely N-dealkylation sites (N-methyl/N-ethyl adjacent to an activating group) is 2. The third-order valence-electron chi connectivity index (χ3n) is 2.74. The Kier molecular flexibility index (Phi) is 6.22. The van der Waals surface area contributed by atoms with Crippen molar-refractivity contribution in [1.82, 2.24) is 10.2 Å². The van der Waals surface area contributed by atoms with Gasteiger partial charge in [0.25, 0.3) is 0 Å². The fraction of sp³-hybridized carbons (Fsp3) is 0.500. The summed E-state index contributed by atoms with van der Waals surface area (Å²) in [5.74, 6) is 1.02. The van der Waals surface area contributed by atoms with Crippen LogP contribution in [0.4, 0.5) is 0 Å². The van der Waals surface area contributed by atoms with Crippen molar-refractivity contribution < 1.29 is 9.53 Å². The molecule has 0 aromatic heterocycles. The second-order valence-electron chi connectivity index (χ2n) is 4.31. The second-order valence-corrected chi connectivity index (χ2v) is 4.31. The summed E-state index contributed by atoms with van der Waals surface area (Å²) in [6.07, 6.45) is 0.834. The van der Waals surface area contributed by atoms with Crippen molar-refractivity contribution in [2.24, 2.45) is 0 Å². The Morgan fingerprint density at radius 2 is 2.11 bits per heavy atom. The van der Waals surface area contributed by atoms with Crippen LogP contribution in [0.3, 0.4) is 0 Å². The van der Waals surface area contributed by atoms with E-state index in [1.807, 2.05) is 38.2 Å². The molecule has 18 heavy (non-hydrogen) atoms. The minimum absolute atomic E-state index is 0.105. The van der Waals surface area contributed by atoms with Crippen molar-refractivity contribution >= 4 is 5.91 Å². The maximum absolute atomic E-state index is 11.5. The van der Waals surface area contributed by atoms with Gasteiger partial charge in [0.05, 0.1) is 13.2 Å². The van der Waals surface area contributed by atoms with Crippen LogP contribution in [-0.4, -0.2) is 44.6 Å². The molecule has 1 aromatic rings. The van der Waals surface area contributed by atoms with E-state index in [0.717, 1.165) is 17.7 Å². The Bertz CT molecular complexity index is 380. The Morgan fingerprint density at radius 3 is 2.78 bits per heavy atom. The first-order valence-corrected chi connectivity index (χ1v) is 6.22. The molecule has 0 aliphatic heterocycles. The third-order valence-corrected chi connectivity index (χ3v) is 2.74. The van der Waals surface area contributed by atoms with Crippen LogP contribution in [0.25, 0.3) is 0 Å². The van der Waals surface area contributed by atoms with E-state index in [1.165, 1.54) is 0 Å². The fourth-order valence-corrected chi connectivity index (χ4v) is 1.61. The summed E-state index contributed by atoms with van der Waals surface area (Å²) in [5.41, 5.74) is 1.14. The molecule has 4 nitrogen and oxygen atoms in total. The summed E-state index contributed by atoms with van der Waals surface area (Å²) in [4.78, 5) is 13.2. The maximum atomic E-state index is 11.5. The largest absolute Gasteiger partial charge is 0.493 e. The lowest BCUT2D eigenvalue weighted by atomic mass is 10.2. The zero-order valence-corrected chi connectivity index (χ0v) is 11.4. The average Bonchev–Trinajstić information content (AvgIpc) is 2.36. The number of hydrogen-bond donors (Lipinski definition) is 1. The third kappa shape index (κ3) is 4.75. The van der Waals surface area contributed by atoms with Gasteiger partial charge in [-0.3, -0.25) is 4.79 Å². The zero-order valence-electron chi connectivity index (χ0n) is 11.4. The summed E-state index contributed by atoms with van der Waals surface area (Å²) >= 11 is 0. The average molecular weight is 250 g/mol. The highest BCUT2D eigenvalue weighted by atomic mass is 16.5. The molecule has 0 atom stereocenters. The van der Waals surface area contributed by atoms with E-state index in [0.29, 0.717) is 19.7 Å². The van der Waals surface area contributed by atoms with Gasteiger partial charge in [0.2, 0.25) is 5.91 Å². The molecule has 0 bridgehead atoms. The van der Waals surface area contributed by atoms with Crippen molar-refractivity contribution in [3.8, 4) is 5.75 Å². The predicted octanol–water partition coefficient (Wildman–Crippen LogP) is 1.44. The van der Waals surface area contributed by atoms with Gasteiger partial charge in [-0.15, -0.1) is 0 Å². The van der Waals surface area contributed by atoms with E-state index >= 15 is 0 Å². The molecule has 1 amide bonds. The van der Waals surface area contributed by atoms with Crippen LogP contribution in [0, 0.1) is 6.92 Å². The smallest absolute Gasteiger partial charge is 0.236 e. The second kappa shape index (κ2) is 7.71. The van der Waals surface area contributed by atoms with Gasteiger partial charge in [0, 0.05) is 13.6 Å². The zero-order chi connectivity index (χ0) is 13.4. The van der Waals surface area contributed by atoms with Gasteiger partial charge in [0.15, 0.2) is 0 Å². The lowest BCUT2D eigenvalue weighted by Gasteiger charge is -2.17. The predicted molar refractivity (Wildman–Crippen MR) is 72.9 cm³/mol. The van der Waals surface area contributed by atoms with Crippen molar-refractivity contribution in [1.29, 1.82) is 0 Å². The number of nitrogens with one attached hydrogen (secondary N) is 1. The quantitative estimate of drug-likeness (QED) is 0.745.